The molecule has 0 bridgehead atoms. The number of hydrogen-bond donors (Lipinski definition) is 2. The van der Waals surface area contributed by atoms with Crippen molar-refractivity contribution in [1.82, 2.24) is 0 Å². The predicted octanol–water partition coefficient (Wildman–Crippen LogP) is 1.90. The zero-order valence-electron chi connectivity index (χ0n) is 11.0. The summed E-state index contributed by atoms with van der Waals surface area (Å²) < 4.78 is 0. The van der Waals surface area contributed by atoms with Crippen molar-refractivity contribution in [2.45, 2.75) is 24.3 Å². The van der Waals surface area contributed by atoms with Crippen molar-refractivity contribution in [3.05, 3.63) is 18.2 Å². The van der Waals surface area contributed by atoms with Crippen LogP contribution >= 0.6 is 11.8 Å². The minimum atomic E-state index is -0.362. The number of nitrogens with zero attached hydrogens (tertiary/aromatic N) is 1. The second-order valence-electron chi connectivity index (χ2n) is 4.97. The summed E-state index contributed by atoms with van der Waals surface area (Å²) in [6.07, 6.45) is 0. The van der Waals surface area contributed by atoms with Gasteiger partial charge in [0.25, 0.3) is 0 Å². The Hall–Kier alpha value is -1.20. The molecule has 1 aromatic rings. The van der Waals surface area contributed by atoms with E-state index in [1.54, 1.807) is 11.8 Å². The van der Waals surface area contributed by atoms with Crippen LogP contribution in [0.3, 0.4) is 0 Å². The van der Waals surface area contributed by atoms with Gasteiger partial charge in [0.15, 0.2) is 0 Å². The standard InChI is InChI=1S/C13H19N3OS/c1-13(2,8-14)16-10-6-9(15-3)4-5-11(10)18-7-12(16)17/h4-6,15H,7-8,14H2,1-3H3. The molecule has 1 amide bonds. The predicted molar refractivity (Wildman–Crippen MR) is 77.3 cm³/mol. The molecule has 0 fully saturated rings. The van der Waals surface area contributed by atoms with Gasteiger partial charge in [-0.15, -0.1) is 11.8 Å². The van der Waals surface area contributed by atoms with Gasteiger partial charge < -0.3 is 16.0 Å². The third kappa shape index (κ3) is 2.20. The van der Waals surface area contributed by atoms with Crippen molar-refractivity contribution in [2.75, 3.05) is 29.6 Å². The topological polar surface area (TPSA) is 58.4 Å². The molecular weight excluding hydrogens is 246 g/mol. The lowest BCUT2D eigenvalue weighted by atomic mass is 10.0. The molecule has 0 unspecified atom stereocenters. The fourth-order valence-electron chi connectivity index (χ4n) is 2.06. The summed E-state index contributed by atoms with van der Waals surface area (Å²) in [7, 11) is 1.87. The molecule has 1 aromatic carbocycles. The highest BCUT2D eigenvalue weighted by molar-refractivity contribution is 8.00. The van der Waals surface area contributed by atoms with Crippen LogP contribution in [0.5, 0.6) is 0 Å². The quantitative estimate of drug-likeness (QED) is 0.876. The summed E-state index contributed by atoms with van der Waals surface area (Å²) in [5.41, 5.74) is 7.41. The SMILES string of the molecule is CNc1ccc2c(c1)N(C(C)(C)CN)C(=O)CS2. The molecule has 2 rings (SSSR count). The van der Waals surface area contributed by atoms with Gasteiger partial charge in [-0.25, -0.2) is 0 Å². The molecule has 0 aliphatic carbocycles. The average molecular weight is 265 g/mol. The lowest BCUT2D eigenvalue weighted by Gasteiger charge is -2.41. The Morgan fingerprint density at radius 1 is 1.50 bits per heavy atom. The van der Waals surface area contributed by atoms with Crippen LogP contribution in [0.4, 0.5) is 11.4 Å². The van der Waals surface area contributed by atoms with E-state index in [4.69, 9.17) is 5.73 Å². The van der Waals surface area contributed by atoms with E-state index in [1.165, 1.54) is 0 Å². The first-order valence-electron chi connectivity index (χ1n) is 5.97. The fraction of sp³-hybridized carbons (Fsp3) is 0.462. The number of fused-ring (bicyclic) bond motifs is 1. The minimum absolute atomic E-state index is 0.121. The third-order valence-corrected chi connectivity index (χ3v) is 4.24. The minimum Gasteiger partial charge on any atom is -0.388 e. The van der Waals surface area contributed by atoms with Crippen LogP contribution in [-0.2, 0) is 4.79 Å². The Morgan fingerprint density at radius 3 is 2.83 bits per heavy atom. The van der Waals surface area contributed by atoms with Gasteiger partial charge in [0, 0.05) is 24.2 Å². The summed E-state index contributed by atoms with van der Waals surface area (Å²) in [4.78, 5) is 15.2. The Balaban J connectivity index is 2.52. The molecule has 0 saturated heterocycles. The molecule has 0 aromatic heterocycles. The Kier molecular flexibility index (Phi) is 3.54. The zero-order chi connectivity index (χ0) is 13.3. The maximum absolute atomic E-state index is 12.2. The summed E-state index contributed by atoms with van der Waals surface area (Å²) in [6.45, 7) is 4.43. The summed E-state index contributed by atoms with van der Waals surface area (Å²) in [5, 5.41) is 3.10. The van der Waals surface area contributed by atoms with Gasteiger partial charge in [-0.2, -0.15) is 0 Å². The van der Waals surface area contributed by atoms with Crippen molar-refractivity contribution in [3.63, 3.8) is 0 Å². The van der Waals surface area contributed by atoms with Crippen LogP contribution < -0.4 is 16.0 Å². The zero-order valence-corrected chi connectivity index (χ0v) is 11.8. The van der Waals surface area contributed by atoms with Gasteiger partial charge in [0.05, 0.1) is 17.0 Å². The van der Waals surface area contributed by atoms with E-state index in [2.05, 4.69) is 11.4 Å². The van der Waals surface area contributed by atoms with E-state index in [-0.39, 0.29) is 11.4 Å². The van der Waals surface area contributed by atoms with Gasteiger partial charge in [0.1, 0.15) is 0 Å². The van der Waals surface area contributed by atoms with Crippen LogP contribution in [-0.4, -0.2) is 30.8 Å². The number of thioether (sulfide) groups is 1. The lowest BCUT2D eigenvalue weighted by molar-refractivity contribution is -0.117. The summed E-state index contributed by atoms with van der Waals surface area (Å²) >= 11 is 1.59. The second-order valence-corrected chi connectivity index (χ2v) is 5.98. The normalized spacial score (nSPS) is 15.6. The van der Waals surface area contributed by atoms with E-state index in [0.29, 0.717) is 12.3 Å². The number of nitrogens with two attached hydrogens (primary N) is 1. The molecule has 0 radical (unpaired) electrons. The van der Waals surface area contributed by atoms with Crippen molar-refractivity contribution in [2.24, 2.45) is 5.73 Å². The molecule has 0 atom stereocenters. The summed E-state index contributed by atoms with van der Waals surface area (Å²) in [6, 6.07) is 6.09. The van der Waals surface area contributed by atoms with Gasteiger partial charge in [0.2, 0.25) is 5.91 Å². The molecule has 5 heteroatoms. The van der Waals surface area contributed by atoms with Gasteiger partial charge in [-0.3, -0.25) is 4.79 Å². The monoisotopic (exact) mass is 265 g/mol. The first-order valence-corrected chi connectivity index (χ1v) is 6.96. The van der Waals surface area contributed by atoms with Crippen LogP contribution in [0.15, 0.2) is 23.1 Å². The molecule has 1 aliphatic heterocycles. The number of anilines is 2. The van der Waals surface area contributed by atoms with Gasteiger partial charge >= 0.3 is 0 Å². The molecule has 3 N–H and O–H groups in total. The number of carbonyl (C=O) groups excluding carboxylic acids is 1. The number of benzene rings is 1. The first kappa shape index (κ1) is 13.2. The summed E-state index contributed by atoms with van der Waals surface area (Å²) in [5.74, 6) is 0.603. The van der Waals surface area contributed by atoms with E-state index in [9.17, 15) is 4.79 Å². The number of hydrogen-bond acceptors (Lipinski definition) is 4. The van der Waals surface area contributed by atoms with Crippen molar-refractivity contribution < 1.29 is 4.79 Å². The van der Waals surface area contributed by atoms with E-state index >= 15 is 0 Å². The molecule has 98 valence electrons. The highest BCUT2D eigenvalue weighted by atomic mass is 32.2. The maximum Gasteiger partial charge on any atom is 0.237 e. The van der Waals surface area contributed by atoms with E-state index in [0.717, 1.165) is 16.3 Å². The number of rotatable bonds is 3. The van der Waals surface area contributed by atoms with Gasteiger partial charge in [-0.1, -0.05) is 0 Å². The molecule has 1 heterocycles. The molecule has 1 aliphatic rings. The lowest BCUT2D eigenvalue weighted by Crippen LogP contribution is -2.54. The molecule has 4 nitrogen and oxygen atoms in total. The van der Waals surface area contributed by atoms with Crippen LogP contribution in [0, 0.1) is 0 Å². The van der Waals surface area contributed by atoms with Crippen molar-refractivity contribution in [3.8, 4) is 0 Å². The van der Waals surface area contributed by atoms with Crippen molar-refractivity contribution in [1.29, 1.82) is 0 Å². The Labute approximate surface area is 112 Å². The Bertz CT molecular complexity index is 473. The largest absolute Gasteiger partial charge is 0.388 e. The Morgan fingerprint density at radius 2 is 2.22 bits per heavy atom. The van der Waals surface area contributed by atoms with Crippen LogP contribution in [0.2, 0.25) is 0 Å². The average Bonchev–Trinajstić information content (AvgIpc) is 2.37. The number of carbonyl (C=O) groups is 1. The fourth-order valence-corrected chi connectivity index (χ4v) is 2.93. The number of amides is 1. The third-order valence-electron chi connectivity index (χ3n) is 3.19. The highest BCUT2D eigenvalue weighted by Crippen LogP contribution is 2.40. The van der Waals surface area contributed by atoms with E-state index < -0.39 is 0 Å². The van der Waals surface area contributed by atoms with Crippen molar-refractivity contribution >= 4 is 29.0 Å². The molecule has 18 heavy (non-hydrogen) atoms. The highest BCUT2D eigenvalue weighted by Gasteiger charge is 2.35. The number of nitrogens with one attached hydrogen (secondary N) is 1. The van der Waals surface area contributed by atoms with E-state index in [1.807, 2.05) is 37.9 Å². The maximum atomic E-state index is 12.2. The smallest absolute Gasteiger partial charge is 0.237 e. The molecule has 0 spiro atoms. The van der Waals surface area contributed by atoms with Crippen LogP contribution in [0.1, 0.15) is 13.8 Å². The van der Waals surface area contributed by atoms with Crippen LogP contribution in [0.25, 0.3) is 0 Å². The van der Waals surface area contributed by atoms with Gasteiger partial charge in [-0.05, 0) is 32.0 Å². The molecule has 0 saturated carbocycles. The second kappa shape index (κ2) is 4.82. The first-order chi connectivity index (χ1) is 8.49. The molecular formula is C13H19N3OS.